The predicted molar refractivity (Wildman–Crippen MR) is 60.3 cm³/mol. The summed E-state index contributed by atoms with van der Waals surface area (Å²) in [4.78, 5) is 11.8. The summed E-state index contributed by atoms with van der Waals surface area (Å²) in [5.41, 5.74) is 2.62. The van der Waals surface area contributed by atoms with Crippen LogP contribution in [-0.4, -0.2) is 15.6 Å². The Morgan fingerprint density at radius 1 is 1.60 bits per heavy atom. The maximum absolute atomic E-state index is 11.8. The zero-order valence-electron chi connectivity index (χ0n) is 8.73. The molecule has 0 saturated heterocycles. The number of rotatable bonds is 3. The lowest BCUT2D eigenvalue weighted by Gasteiger charge is -1.93. The molecule has 4 heteroatoms. The van der Waals surface area contributed by atoms with Crippen molar-refractivity contribution in [1.29, 1.82) is 0 Å². The topological polar surface area (TPSA) is 34.9 Å². The highest BCUT2D eigenvalue weighted by Crippen LogP contribution is 2.10. The first-order chi connectivity index (χ1) is 7.16. The molecule has 0 fully saturated rings. The molecule has 0 spiro atoms. The van der Waals surface area contributed by atoms with Crippen LogP contribution < -0.4 is 0 Å². The standard InChI is InChI=1S/C11H12N2OS/c1-8-5-10(12-13(8)2)11(14)6-9-3-4-15-7-9/h3-5,7H,6H2,1-2H3. The summed E-state index contributed by atoms with van der Waals surface area (Å²) in [5.74, 6) is 0.0806. The normalized spacial score (nSPS) is 10.5. The molecule has 78 valence electrons. The Hall–Kier alpha value is -1.42. The second kappa shape index (κ2) is 3.98. The second-order valence-electron chi connectivity index (χ2n) is 3.53. The highest BCUT2D eigenvalue weighted by atomic mass is 32.1. The first-order valence-corrected chi connectivity index (χ1v) is 5.66. The summed E-state index contributed by atoms with van der Waals surface area (Å²) in [6.07, 6.45) is 0.444. The second-order valence-corrected chi connectivity index (χ2v) is 4.31. The Morgan fingerprint density at radius 3 is 2.93 bits per heavy atom. The van der Waals surface area contributed by atoms with Gasteiger partial charge >= 0.3 is 0 Å². The summed E-state index contributed by atoms with van der Waals surface area (Å²) >= 11 is 1.61. The molecule has 0 aromatic carbocycles. The Balaban J connectivity index is 2.15. The molecule has 2 aromatic rings. The number of aromatic nitrogens is 2. The van der Waals surface area contributed by atoms with Crippen molar-refractivity contribution in [3.8, 4) is 0 Å². The number of hydrogen-bond acceptors (Lipinski definition) is 3. The SMILES string of the molecule is Cc1cc(C(=O)Cc2ccsc2)nn1C. The maximum Gasteiger partial charge on any atom is 0.187 e. The zero-order chi connectivity index (χ0) is 10.8. The fourth-order valence-electron chi connectivity index (χ4n) is 1.37. The minimum atomic E-state index is 0.0806. The maximum atomic E-state index is 11.8. The van der Waals surface area contributed by atoms with E-state index in [-0.39, 0.29) is 5.78 Å². The Morgan fingerprint density at radius 2 is 2.40 bits per heavy atom. The van der Waals surface area contributed by atoms with Crippen molar-refractivity contribution >= 4 is 17.1 Å². The van der Waals surface area contributed by atoms with Gasteiger partial charge in [0.15, 0.2) is 5.78 Å². The molecule has 2 heterocycles. The quantitative estimate of drug-likeness (QED) is 0.743. The monoisotopic (exact) mass is 220 g/mol. The van der Waals surface area contributed by atoms with Crippen LogP contribution in [0.2, 0.25) is 0 Å². The molecule has 0 bridgehead atoms. The van der Waals surface area contributed by atoms with Gasteiger partial charge in [-0.25, -0.2) is 0 Å². The molecule has 0 atom stereocenters. The lowest BCUT2D eigenvalue weighted by atomic mass is 10.1. The fraction of sp³-hybridized carbons (Fsp3) is 0.273. The van der Waals surface area contributed by atoms with Crippen molar-refractivity contribution in [2.75, 3.05) is 0 Å². The summed E-state index contributed by atoms with van der Waals surface area (Å²) in [7, 11) is 1.84. The minimum absolute atomic E-state index is 0.0806. The summed E-state index contributed by atoms with van der Waals surface area (Å²) in [6, 6.07) is 3.80. The van der Waals surface area contributed by atoms with Gasteiger partial charge in [-0.3, -0.25) is 9.48 Å². The number of Topliss-reactive ketones (excluding diaryl/α,β-unsaturated/α-hetero) is 1. The number of ketones is 1. The van der Waals surface area contributed by atoms with Gasteiger partial charge in [0.25, 0.3) is 0 Å². The molecule has 0 aliphatic carbocycles. The van der Waals surface area contributed by atoms with Gasteiger partial charge in [-0.05, 0) is 35.4 Å². The fourth-order valence-corrected chi connectivity index (χ4v) is 2.03. The van der Waals surface area contributed by atoms with Crippen LogP contribution in [0.5, 0.6) is 0 Å². The molecule has 0 aliphatic heterocycles. The van der Waals surface area contributed by atoms with Gasteiger partial charge in [-0.15, -0.1) is 0 Å². The summed E-state index contributed by atoms with van der Waals surface area (Å²) in [5, 5.41) is 8.13. The van der Waals surface area contributed by atoms with Gasteiger partial charge < -0.3 is 0 Å². The van der Waals surface area contributed by atoms with Crippen LogP contribution >= 0.6 is 11.3 Å². The number of carbonyl (C=O) groups excluding carboxylic acids is 1. The number of thiophene rings is 1. The van der Waals surface area contributed by atoms with Crippen molar-refractivity contribution in [3.63, 3.8) is 0 Å². The molecule has 0 unspecified atom stereocenters. The van der Waals surface area contributed by atoms with Gasteiger partial charge in [0, 0.05) is 19.2 Å². The van der Waals surface area contributed by atoms with E-state index in [1.807, 2.05) is 36.9 Å². The minimum Gasteiger partial charge on any atom is -0.292 e. The van der Waals surface area contributed by atoms with E-state index in [1.165, 1.54) is 0 Å². The molecule has 0 N–H and O–H groups in total. The highest BCUT2D eigenvalue weighted by Gasteiger charge is 2.11. The van der Waals surface area contributed by atoms with Gasteiger partial charge in [0.05, 0.1) is 0 Å². The van der Waals surface area contributed by atoms with E-state index in [9.17, 15) is 4.79 Å². The van der Waals surface area contributed by atoms with Crippen LogP contribution in [0.25, 0.3) is 0 Å². The van der Waals surface area contributed by atoms with Crippen LogP contribution in [-0.2, 0) is 13.5 Å². The molecule has 0 aliphatic rings. The van der Waals surface area contributed by atoms with Crippen molar-refractivity contribution in [1.82, 2.24) is 9.78 Å². The number of hydrogen-bond donors (Lipinski definition) is 0. The molecule has 3 nitrogen and oxygen atoms in total. The summed E-state index contributed by atoms with van der Waals surface area (Å²) in [6.45, 7) is 1.94. The third-order valence-electron chi connectivity index (χ3n) is 2.34. The average molecular weight is 220 g/mol. The molecule has 2 aromatic heterocycles. The van der Waals surface area contributed by atoms with E-state index in [4.69, 9.17) is 0 Å². The van der Waals surface area contributed by atoms with Gasteiger partial charge in [-0.2, -0.15) is 16.4 Å². The lowest BCUT2D eigenvalue weighted by Crippen LogP contribution is -2.04. The average Bonchev–Trinajstić information content (AvgIpc) is 2.78. The first kappa shape index (κ1) is 10.1. The van der Waals surface area contributed by atoms with Gasteiger partial charge in [-0.1, -0.05) is 0 Å². The van der Waals surface area contributed by atoms with E-state index in [0.717, 1.165) is 11.3 Å². The number of carbonyl (C=O) groups is 1. The van der Waals surface area contributed by atoms with Gasteiger partial charge in [0.2, 0.25) is 0 Å². The molecule has 2 rings (SSSR count). The third kappa shape index (κ3) is 2.15. The van der Waals surface area contributed by atoms with E-state index in [0.29, 0.717) is 12.1 Å². The van der Waals surface area contributed by atoms with Crippen molar-refractivity contribution in [3.05, 3.63) is 39.8 Å². The van der Waals surface area contributed by atoms with Crippen LogP contribution in [0.1, 0.15) is 21.7 Å². The molecule has 15 heavy (non-hydrogen) atoms. The van der Waals surface area contributed by atoms with Crippen molar-refractivity contribution in [2.24, 2.45) is 7.05 Å². The van der Waals surface area contributed by atoms with E-state index < -0.39 is 0 Å². The summed E-state index contributed by atoms with van der Waals surface area (Å²) < 4.78 is 1.72. The van der Waals surface area contributed by atoms with E-state index >= 15 is 0 Å². The molecule has 0 amide bonds. The van der Waals surface area contributed by atoms with Crippen LogP contribution in [0, 0.1) is 6.92 Å². The molecule has 0 radical (unpaired) electrons. The zero-order valence-corrected chi connectivity index (χ0v) is 9.54. The third-order valence-corrected chi connectivity index (χ3v) is 3.08. The smallest absolute Gasteiger partial charge is 0.187 e. The van der Waals surface area contributed by atoms with Crippen LogP contribution in [0.3, 0.4) is 0 Å². The largest absolute Gasteiger partial charge is 0.292 e. The lowest BCUT2D eigenvalue weighted by molar-refractivity contribution is 0.0987. The number of aryl methyl sites for hydroxylation is 2. The van der Waals surface area contributed by atoms with Crippen molar-refractivity contribution in [2.45, 2.75) is 13.3 Å². The molecule has 0 saturated carbocycles. The highest BCUT2D eigenvalue weighted by molar-refractivity contribution is 7.08. The Kier molecular flexibility index (Phi) is 2.68. The van der Waals surface area contributed by atoms with Crippen LogP contribution in [0.15, 0.2) is 22.9 Å². The van der Waals surface area contributed by atoms with Crippen molar-refractivity contribution < 1.29 is 4.79 Å². The number of nitrogens with zero attached hydrogens (tertiary/aromatic N) is 2. The van der Waals surface area contributed by atoms with Crippen LogP contribution in [0.4, 0.5) is 0 Å². The molecular weight excluding hydrogens is 208 g/mol. The Labute approximate surface area is 92.4 Å². The Bertz CT molecular complexity index is 451. The van der Waals surface area contributed by atoms with Gasteiger partial charge in [0.1, 0.15) is 5.69 Å². The predicted octanol–water partition coefficient (Wildman–Crippen LogP) is 2.22. The molecular formula is C11H12N2OS. The first-order valence-electron chi connectivity index (χ1n) is 4.72. The van der Waals surface area contributed by atoms with E-state index in [1.54, 1.807) is 16.0 Å². The van der Waals surface area contributed by atoms with E-state index in [2.05, 4.69) is 5.10 Å².